The van der Waals surface area contributed by atoms with Crippen LogP contribution in [0.25, 0.3) is 16.7 Å². The maximum atomic E-state index is 12.4. The maximum absolute atomic E-state index is 12.4. The minimum Gasteiger partial charge on any atom is -0.352 e. The van der Waals surface area contributed by atoms with Gasteiger partial charge in [-0.25, -0.2) is 14.6 Å². The van der Waals surface area contributed by atoms with Crippen molar-refractivity contribution < 1.29 is 4.79 Å². The van der Waals surface area contributed by atoms with Crippen molar-refractivity contribution in [3.63, 3.8) is 0 Å². The Morgan fingerprint density at radius 2 is 1.84 bits per heavy atom. The minimum atomic E-state index is 0.0193. The van der Waals surface area contributed by atoms with E-state index in [1.165, 1.54) is 0 Å². The molecule has 0 radical (unpaired) electrons. The lowest BCUT2D eigenvalue weighted by Gasteiger charge is -2.36. The van der Waals surface area contributed by atoms with Crippen molar-refractivity contribution in [2.24, 2.45) is 11.8 Å². The van der Waals surface area contributed by atoms with Crippen molar-refractivity contribution in [1.82, 2.24) is 24.6 Å². The molecule has 2 aromatic heterocycles. The predicted octanol–water partition coefficient (Wildman–Crippen LogP) is 4.36. The van der Waals surface area contributed by atoms with Gasteiger partial charge >= 0.3 is 0 Å². The molecule has 1 fully saturated rings. The minimum absolute atomic E-state index is 0.0193. The summed E-state index contributed by atoms with van der Waals surface area (Å²) in [5.74, 6) is 2.53. The van der Waals surface area contributed by atoms with Crippen LogP contribution in [0, 0.1) is 11.8 Å². The van der Waals surface area contributed by atoms with Crippen LogP contribution >= 0.6 is 11.6 Å². The van der Waals surface area contributed by atoms with Crippen molar-refractivity contribution in [2.75, 3.05) is 31.1 Å². The largest absolute Gasteiger partial charge is 0.352 e. The molecule has 0 spiro atoms. The zero-order valence-corrected chi connectivity index (χ0v) is 20.0. The van der Waals surface area contributed by atoms with Crippen LogP contribution in [0.4, 0.5) is 5.82 Å². The van der Waals surface area contributed by atoms with Crippen LogP contribution in [0.1, 0.15) is 39.9 Å². The number of hydrogen-bond donors (Lipinski definition) is 0. The number of fused-ring (bicyclic) bond motifs is 1. The number of hydrogen-bond acceptors (Lipinski definition) is 5. The Bertz CT molecular complexity index is 1100. The quantitative estimate of drug-likeness (QED) is 0.553. The first-order valence-corrected chi connectivity index (χ1v) is 11.8. The Morgan fingerprint density at radius 1 is 1.09 bits per heavy atom. The van der Waals surface area contributed by atoms with Crippen molar-refractivity contribution in [3.8, 4) is 5.69 Å². The molecule has 1 aliphatic heterocycles. The molecule has 7 nitrogen and oxygen atoms in total. The lowest BCUT2D eigenvalue weighted by Crippen LogP contribution is -2.50. The maximum Gasteiger partial charge on any atom is 0.225 e. The van der Waals surface area contributed by atoms with Gasteiger partial charge in [0, 0.05) is 43.5 Å². The summed E-state index contributed by atoms with van der Waals surface area (Å²) < 4.78 is 1.84. The number of nitrogens with zero attached hydrogens (tertiary/aromatic N) is 6. The Morgan fingerprint density at radius 3 is 2.50 bits per heavy atom. The number of halogens is 1. The first-order chi connectivity index (χ1) is 15.3. The lowest BCUT2D eigenvalue weighted by atomic mass is 10.1. The van der Waals surface area contributed by atoms with Gasteiger partial charge in [0.2, 0.25) is 5.91 Å². The van der Waals surface area contributed by atoms with Crippen LogP contribution in [0.2, 0.25) is 5.02 Å². The number of benzene rings is 1. The van der Waals surface area contributed by atoms with E-state index in [-0.39, 0.29) is 11.8 Å². The molecule has 0 aliphatic carbocycles. The summed E-state index contributed by atoms with van der Waals surface area (Å²) in [7, 11) is 0. The average Bonchev–Trinajstić information content (AvgIpc) is 3.20. The normalized spacial score (nSPS) is 14.7. The molecule has 0 unspecified atom stereocenters. The van der Waals surface area contributed by atoms with Crippen molar-refractivity contribution in [3.05, 3.63) is 41.3 Å². The highest BCUT2D eigenvalue weighted by Gasteiger charge is 2.26. The molecule has 4 rings (SSSR count). The van der Waals surface area contributed by atoms with E-state index in [1.54, 1.807) is 0 Å². The topological polar surface area (TPSA) is 67.2 Å². The molecule has 8 heteroatoms. The fraction of sp³-hybridized carbons (Fsp3) is 0.500. The summed E-state index contributed by atoms with van der Waals surface area (Å²) in [5, 5.41) is 6.21. The fourth-order valence-corrected chi connectivity index (χ4v) is 4.19. The van der Waals surface area contributed by atoms with Gasteiger partial charge in [0.25, 0.3) is 0 Å². The van der Waals surface area contributed by atoms with Crippen LogP contribution < -0.4 is 4.90 Å². The molecule has 3 aromatic rings. The summed E-state index contributed by atoms with van der Waals surface area (Å²) >= 11 is 6.23. The monoisotopic (exact) mass is 454 g/mol. The van der Waals surface area contributed by atoms with Gasteiger partial charge < -0.3 is 9.80 Å². The van der Waals surface area contributed by atoms with Crippen LogP contribution in [0.3, 0.4) is 0 Å². The van der Waals surface area contributed by atoms with E-state index >= 15 is 0 Å². The zero-order valence-electron chi connectivity index (χ0n) is 19.3. The van der Waals surface area contributed by atoms with Crippen molar-refractivity contribution >= 4 is 34.4 Å². The standard InChI is InChI=1S/C24H31ClN6O/c1-16(2)8-9-21-27-22(29-10-12-30(13-11-29)24(32)17(3)4)20-15-26-31(23(20)28-21)19-7-5-6-18(25)14-19/h5-7,14-17H,8-13H2,1-4H3. The summed E-state index contributed by atoms with van der Waals surface area (Å²) in [6.45, 7) is 11.2. The van der Waals surface area contributed by atoms with Gasteiger partial charge in [0.1, 0.15) is 11.6 Å². The van der Waals surface area contributed by atoms with Crippen molar-refractivity contribution in [2.45, 2.75) is 40.5 Å². The van der Waals surface area contributed by atoms with E-state index < -0.39 is 0 Å². The molecule has 1 aromatic carbocycles. The summed E-state index contributed by atoms with van der Waals surface area (Å²) in [6.07, 6.45) is 3.67. The van der Waals surface area contributed by atoms with Crippen LogP contribution in [0.15, 0.2) is 30.5 Å². The highest BCUT2D eigenvalue weighted by atomic mass is 35.5. The molecule has 1 amide bonds. The third-order valence-corrected chi connectivity index (χ3v) is 6.07. The third kappa shape index (κ3) is 4.72. The number of carbonyl (C=O) groups is 1. The van der Waals surface area contributed by atoms with E-state index in [1.807, 2.05) is 53.9 Å². The van der Waals surface area contributed by atoms with Gasteiger partial charge in [0.15, 0.2) is 5.65 Å². The van der Waals surface area contributed by atoms with Crippen LogP contribution in [-0.4, -0.2) is 56.7 Å². The van der Waals surface area contributed by atoms with Gasteiger partial charge in [-0.3, -0.25) is 4.79 Å². The second-order valence-corrected chi connectivity index (χ2v) is 9.57. The number of anilines is 1. The lowest BCUT2D eigenvalue weighted by molar-refractivity contribution is -0.134. The molecule has 170 valence electrons. The first kappa shape index (κ1) is 22.5. The van der Waals surface area contributed by atoms with Crippen molar-refractivity contribution in [1.29, 1.82) is 0 Å². The van der Waals surface area contributed by atoms with Crippen LogP contribution in [0.5, 0.6) is 0 Å². The van der Waals surface area contributed by atoms with Gasteiger partial charge in [0.05, 0.1) is 17.3 Å². The molecule has 0 bridgehead atoms. The smallest absolute Gasteiger partial charge is 0.225 e. The fourth-order valence-electron chi connectivity index (χ4n) is 4.01. The average molecular weight is 455 g/mol. The van der Waals surface area contributed by atoms with E-state index in [4.69, 9.17) is 21.6 Å². The molecule has 32 heavy (non-hydrogen) atoms. The molecule has 0 N–H and O–H groups in total. The second kappa shape index (κ2) is 9.45. The molecule has 0 atom stereocenters. The summed E-state index contributed by atoms with van der Waals surface area (Å²) in [6, 6.07) is 7.63. The molecular weight excluding hydrogens is 424 g/mol. The Balaban J connectivity index is 1.70. The number of aromatic nitrogens is 4. The molecular formula is C24H31ClN6O. The van der Waals surface area contributed by atoms with E-state index in [2.05, 4.69) is 23.8 Å². The molecule has 3 heterocycles. The molecule has 1 aliphatic rings. The first-order valence-electron chi connectivity index (χ1n) is 11.4. The number of aryl methyl sites for hydroxylation is 1. The zero-order chi connectivity index (χ0) is 22.8. The van der Waals surface area contributed by atoms with E-state index in [0.29, 0.717) is 24.0 Å². The van der Waals surface area contributed by atoms with Crippen LogP contribution in [-0.2, 0) is 11.2 Å². The number of rotatable bonds is 6. The second-order valence-electron chi connectivity index (χ2n) is 9.14. The molecule has 1 saturated heterocycles. The Hall–Kier alpha value is -2.67. The highest BCUT2D eigenvalue weighted by Crippen LogP contribution is 2.28. The van der Waals surface area contributed by atoms with E-state index in [0.717, 1.165) is 54.3 Å². The predicted molar refractivity (Wildman–Crippen MR) is 128 cm³/mol. The van der Waals surface area contributed by atoms with Gasteiger partial charge in [-0.2, -0.15) is 5.10 Å². The van der Waals surface area contributed by atoms with Gasteiger partial charge in [-0.05, 0) is 30.5 Å². The highest BCUT2D eigenvalue weighted by molar-refractivity contribution is 6.30. The van der Waals surface area contributed by atoms with Gasteiger partial charge in [-0.1, -0.05) is 45.4 Å². The number of piperazine rings is 1. The summed E-state index contributed by atoms with van der Waals surface area (Å²) in [5.41, 5.74) is 1.66. The number of carbonyl (C=O) groups excluding carboxylic acids is 1. The Kier molecular flexibility index (Phi) is 6.65. The SMILES string of the molecule is CC(C)CCc1nc(N2CCN(C(=O)C(C)C)CC2)c2cnn(-c3cccc(Cl)c3)c2n1. The van der Waals surface area contributed by atoms with E-state index in [9.17, 15) is 4.79 Å². The van der Waals surface area contributed by atoms with Gasteiger partial charge in [-0.15, -0.1) is 0 Å². The Labute approximate surface area is 194 Å². The third-order valence-electron chi connectivity index (χ3n) is 5.84. The number of amides is 1. The molecule has 0 saturated carbocycles. The summed E-state index contributed by atoms with van der Waals surface area (Å²) in [4.78, 5) is 26.5.